The van der Waals surface area contributed by atoms with Crippen molar-refractivity contribution in [3.8, 4) is 0 Å². The summed E-state index contributed by atoms with van der Waals surface area (Å²) in [5.74, 6) is -0.352. The highest BCUT2D eigenvalue weighted by Crippen LogP contribution is 2.18. The summed E-state index contributed by atoms with van der Waals surface area (Å²) in [6.45, 7) is 5.05. The first-order chi connectivity index (χ1) is 4.93. The Kier molecular flexibility index (Phi) is 2.99. The van der Waals surface area contributed by atoms with Crippen molar-refractivity contribution in [2.75, 3.05) is 0 Å². The van der Waals surface area contributed by atoms with E-state index in [2.05, 4.69) is 0 Å². The van der Waals surface area contributed by atoms with Crippen molar-refractivity contribution in [3.05, 3.63) is 11.8 Å². The van der Waals surface area contributed by atoms with Gasteiger partial charge in [-0.25, -0.2) is 0 Å². The molecular weight excluding hydrogens is 144 g/mol. The first-order valence-electron chi connectivity index (χ1n) is 3.28. The first-order valence-corrected chi connectivity index (χ1v) is 3.28. The molecule has 0 aliphatic heterocycles. The Morgan fingerprint density at radius 1 is 1.36 bits per heavy atom. The van der Waals surface area contributed by atoms with Gasteiger partial charge >= 0.3 is 0 Å². The van der Waals surface area contributed by atoms with E-state index in [1.807, 2.05) is 0 Å². The Morgan fingerprint density at radius 3 is 1.91 bits per heavy atom. The zero-order chi connectivity index (χ0) is 9.07. The van der Waals surface area contributed by atoms with Crippen molar-refractivity contribution in [2.24, 2.45) is 5.41 Å². The molecule has 0 unspecified atom stereocenters. The Labute approximate surface area is 65.7 Å². The number of hydrogen-bond acceptors (Lipinski definition) is 3. The molecule has 0 aliphatic carbocycles. The predicted molar refractivity (Wildman–Crippen MR) is 41.2 cm³/mol. The molecule has 0 aromatic heterocycles. The molecule has 0 heterocycles. The maximum Gasteiger partial charge on any atom is 0.174 e. The van der Waals surface area contributed by atoms with E-state index in [4.69, 9.17) is 5.11 Å². The van der Waals surface area contributed by atoms with Gasteiger partial charge in [0.25, 0.3) is 0 Å². The lowest BCUT2D eigenvalue weighted by atomic mass is 9.87. The molecular formula is C8H12O3. The van der Waals surface area contributed by atoms with Gasteiger partial charge in [-0.2, -0.15) is 0 Å². The molecule has 3 heteroatoms. The van der Waals surface area contributed by atoms with Gasteiger partial charge in [-0.1, -0.05) is 20.8 Å². The molecule has 0 radical (unpaired) electrons. The van der Waals surface area contributed by atoms with Gasteiger partial charge in [0.15, 0.2) is 12.1 Å². The molecule has 0 atom stereocenters. The van der Waals surface area contributed by atoms with Crippen molar-refractivity contribution in [3.63, 3.8) is 0 Å². The quantitative estimate of drug-likeness (QED) is 0.215. The molecule has 3 nitrogen and oxygen atoms in total. The minimum atomic E-state index is -0.616. The summed E-state index contributed by atoms with van der Waals surface area (Å²) in [4.78, 5) is 21.3. The highest BCUT2D eigenvalue weighted by molar-refractivity contribution is 6.13. The number of carbonyl (C=O) groups is 2. The van der Waals surface area contributed by atoms with Crippen LogP contribution in [-0.2, 0) is 9.59 Å². The molecule has 0 aliphatic rings. The predicted octanol–water partition coefficient (Wildman–Crippen LogP) is 1.24. The molecule has 0 amide bonds. The molecule has 0 saturated carbocycles. The first kappa shape index (κ1) is 9.88. The lowest BCUT2D eigenvalue weighted by Crippen LogP contribution is -2.22. The summed E-state index contributed by atoms with van der Waals surface area (Å²) >= 11 is 0. The van der Waals surface area contributed by atoms with Crippen LogP contribution in [0.1, 0.15) is 20.8 Å². The fourth-order valence-electron chi connectivity index (χ4n) is 0.576. The summed E-state index contributed by atoms with van der Waals surface area (Å²) in [6.07, 6.45) is 0.897. The maximum absolute atomic E-state index is 11.2. The van der Waals surface area contributed by atoms with Crippen molar-refractivity contribution in [1.82, 2.24) is 0 Å². The standard InChI is InChI=1S/C8H12O3/c1-8(2,3)7(11)6(4-9)5-10/h4-5,9H,1-3H3/b6-4+. The molecule has 0 aromatic carbocycles. The van der Waals surface area contributed by atoms with Crippen LogP contribution < -0.4 is 0 Å². The number of hydrogen-bond donors (Lipinski definition) is 1. The summed E-state index contributed by atoms with van der Waals surface area (Å²) in [5, 5.41) is 8.45. The topological polar surface area (TPSA) is 54.4 Å². The van der Waals surface area contributed by atoms with E-state index in [1.165, 1.54) is 0 Å². The minimum Gasteiger partial charge on any atom is -0.515 e. The minimum absolute atomic E-state index is 0.183. The Hall–Kier alpha value is -1.12. The monoisotopic (exact) mass is 156 g/mol. The van der Waals surface area contributed by atoms with Crippen molar-refractivity contribution >= 4 is 12.1 Å². The van der Waals surface area contributed by atoms with Gasteiger partial charge in [0, 0.05) is 5.41 Å². The smallest absolute Gasteiger partial charge is 0.174 e. The normalized spacial score (nSPS) is 12.8. The van der Waals surface area contributed by atoms with E-state index < -0.39 is 5.41 Å². The highest BCUT2D eigenvalue weighted by atomic mass is 16.2. The van der Waals surface area contributed by atoms with Gasteiger partial charge in [0.05, 0.1) is 11.8 Å². The molecule has 11 heavy (non-hydrogen) atoms. The van der Waals surface area contributed by atoms with Crippen molar-refractivity contribution < 1.29 is 14.7 Å². The van der Waals surface area contributed by atoms with Crippen molar-refractivity contribution in [1.29, 1.82) is 0 Å². The largest absolute Gasteiger partial charge is 0.515 e. The number of Topliss-reactive ketones (excluding diaryl/α,β-unsaturated/α-hetero) is 1. The van der Waals surface area contributed by atoms with Crippen LogP contribution in [0, 0.1) is 5.41 Å². The molecule has 0 fully saturated rings. The van der Waals surface area contributed by atoms with Gasteiger partial charge < -0.3 is 5.11 Å². The Balaban J connectivity index is 4.62. The van der Waals surface area contributed by atoms with E-state index in [9.17, 15) is 9.59 Å². The van der Waals surface area contributed by atoms with Gasteiger partial charge in [0.2, 0.25) is 0 Å². The fourth-order valence-corrected chi connectivity index (χ4v) is 0.576. The van der Waals surface area contributed by atoms with E-state index in [-0.39, 0.29) is 11.4 Å². The summed E-state index contributed by atoms with van der Waals surface area (Å²) < 4.78 is 0. The van der Waals surface area contributed by atoms with Crippen LogP contribution in [0.2, 0.25) is 0 Å². The molecule has 0 bridgehead atoms. The lowest BCUT2D eigenvalue weighted by Gasteiger charge is -2.14. The number of allylic oxidation sites excluding steroid dienone is 1. The van der Waals surface area contributed by atoms with Crippen LogP contribution in [0.15, 0.2) is 11.8 Å². The van der Waals surface area contributed by atoms with Crippen LogP contribution in [0.5, 0.6) is 0 Å². The van der Waals surface area contributed by atoms with E-state index in [0.717, 1.165) is 0 Å². The lowest BCUT2D eigenvalue weighted by molar-refractivity contribution is -0.124. The zero-order valence-corrected chi connectivity index (χ0v) is 6.92. The number of rotatable bonds is 2. The SMILES string of the molecule is CC(C)(C)C(=O)/C(C=O)=C/O. The third-order valence-corrected chi connectivity index (χ3v) is 1.21. The average Bonchev–Trinajstić information content (AvgIpc) is 1.88. The Bertz CT molecular complexity index is 196. The van der Waals surface area contributed by atoms with Crippen LogP contribution in [0.4, 0.5) is 0 Å². The highest BCUT2D eigenvalue weighted by Gasteiger charge is 2.24. The molecule has 0 saturated heterocycles. The fraction of sp³-hybridized carbons (Fsp3) is 0.500. The number of aliphatic hydroxyl groups excluding tert-OH is 1. The third-order valence-electron chi connectivity index (χ3n) is 1.21. The molecule has 0 rings (SSSR count). The van der Waals surface area contributed by atoms with Crippen molar-refractivity contribution in [2.45, 2.75) is 20.8 Å². The average molecular weight is 156 g/mol. The third kappa shape index (κ3) is 2.53. The van der Waals surface area contributed by atoms with E-state index in [0.29, 0.717) is 12.5 Å². The molecule has 1 N–H and O–H groups in total. The number of ketones is 1. The van der Waals surface area contributed by atoms with Crippen LogP contribution in [0.3, 0.4) is 0 Å². The zero-order valence-electron chi connectivity index (χ0n) is 6.92. The van der Waals surface area contributed by atoms with Gasteiger partial charge in [-0.3, -0.25) is 9.59 Å². The second kappa shape index (κ2) is 3.32. The van der Waals surface area contributed by atoms with Gasteiger partial charge in [-0.05, 0) is 0 Å². The molecule has 0 spiro atoms. The van der Waals surface area contributed by atoms with E-state index in [1.54, 1.807) is 20.8 Å². The second-order valence-corrected chi connectivity index (χ2v) is 3.28. The number of aldehydes is 1. The van der Waals surface area contributed by atoms with Crippen LogP contribution in [-0.4, -0.2) is 17.2 Å². The second-order valence-electron chi connectivity index (χ2n) is 3.28. The summed E-state index contributed by atoms with van der Waals surface area (Å²) in [7, 11) is 0. The molecule has 0 aromatic rings. The Morgan fingerprint density at radius 2 is 1.82 bits per heavy atom. The maximum atomic E-state index is 11.2. The van der Waals surface area contributed by atoms with Crippen LogP contribution in [0.25, 0.3) is 0 Å². The van der Waals surface area contributed by atoms with Crippen LogP contribution >= 0.6 is 0 Å². The molecule has 62 valence electrons. The number of carbonyl (C=O) groups excluding carboxylic acids is 2. The number of aliphatic hydroxyl groups is 1. The summed E-state index contributed by atoms with van der Waals surface area (Å²) in [5.41, 5.74) is -0.798. The van der Waals surface area contributed by atoms with Gasteiger partial charge in [-0.15, -0.1) is 0 Å². The van der Waals surface area contributed by atoms with Gasteiger partial charge in [0.1, 0.15) is 0 Å². The summed E-state index contributed by atoms with van der Waals surface area (Å²) in [6, 6.07) is 0. The van der Waals surface area contributed by atoms with E-state index >= 15 is 0 Å².